The number of benzene rings is 3. The SMILES string of the molecule is Cc1cn(N2CN(C(c3ccccc3)(c3ccccc3)c3ccccc3)CC(COP(C)(=O)Cl)O2)c(=O)[nH]c1=O. The molecule has 1 N–H and O–H groups in total. The van der Waals surface area contributed by atoms with Crippen LogP contribution in [0.2, 0.25) is 0 Å². The fourth-order valence-electron chi connectivity index (χ4n) is 5.15. The fraction of sp³-hybridized carbons (Fsp3) is 0.241. The standard InChI is InChI=1S/C29H30ClN4O5P/c1-22-18-33(28(36)31-27(22)35)34-21-32(19-26(39-34)20-38-40(2,30)37)29(23-12-6-3-7-13-23,24-14-8-4-9-15-24)25-16-10-5-11-17-25/h3-18,26H,19-21H2,1-2H3,(H,31,35,36). The third-order valence-corrected chi connectivity index (χ3v) is 7.77. The Morgan fingerprint density at radius 3 is 1.93 bits per heavy atom. The molecule has 9 nitrogen and oxygen atoms in total. The van der Waals surface area contributed by atoms with Crippen molar-refractivity contribution < 1.29 is 13.9 Å². The third kappa shape index (κ3) is 5.70. The van der Waals surface area contributed by atoms with E-state index in [9.17, 15) is 14.2 Å². The predicted octanol–water partition coefficient (Wildman–Crippen LogP) is 4.43. The average Bonchev–Trinajstić information content (AvgIpc) is 2.96. The van der Waals surface area contributed by atoms with Crippen LogP contribution in [0.15, 0.2) is 107 Å². The summed E-state index contributed by atoms with van der Waals surface area (Å²) in [5.41, 5.74) is 1.37. The van der Waals surface area contributed by atoms with E-state index < -0.39 is 29.6 Å². The molecule has 0 radical (unpaired) electrons. The first kappa shape index (κ1) is 28.1. The van der Waals surface area contributed by atoms with E-state index in [-0.39, 0.29) is 13.3 Å². The van der Waals surface area contributed by atoms with Gasteiger partial charge in [-0.2, -0.15) is 9.85 Å². The van der Waals surface area contributed by atoms with Gasteiger partial charge < -0.3 is 4.52 Å². The zero-order chi connectivity index (χ0) is 28.3. The molecule has 0 saturated carbocycles. The van der Waals surface area contributed by atoms with E-state index in [4.69, 9.17) is 20.6 Å². The van der Waals surface area contributed by atoms with Gasteiger partial charge in [0.15, 0.2) is 0 Å². The molecule has 1 aromatic heterocycles. The molecule has 5 rings (SSSR count). The van der Waals surface area contributed by atoms with Crippen molar-refractivity contribution in [2.75, 3.05) is 31.7 Å². The second-order valence-corrected chi connectivity index (χ2v) is 13.3. The smallest absolute Gasteiger partial charge is 0.315 e. The van der Waals surface area contributed by atoms with Crippen LogP contribution in [0.4, 0.5) is 0 Å². The number of nitrogens with zero attached hydrogens (tertiary/aromatic N) is 3. The van der Waals surface area contributed by atoms with Crippen LogP contribution in [0.1, 0.15) is 22.3 Å². The number of aromatic nitrogens is 2. The number of halogens is 1. The molecular weight excluding hydrogens is 551 g/mol. The number of aryl methyl sites for hydroxylation is 1. The Morgan fingerprint density at radius 1 is 0.950 bits per heavy atom. The molecule has 3 aromatic carbocycles. The Morgan fingerprint density at radius 2 is 1.45 bits per heavy atom. The Kier molecular flexibility index (Phi) is 8.12. The van der Waals surface area contributed by atoms with Gasteiger partial charge in [0.1, 0.15) is 12.8 Å². The minimum atomic E-state index is -3.34. The molecule has 0 spiro atoms. The van der Waals surface area contributed by atoms with Crippen molar-refractivity contribution in [3.8, 4) is 0 Å². The number of H-pyrrole nitrogens is 1. The lowest BCUT2D eigenvalue weighted by atomic mass is 9.75. The number of hydrogen-bond acceptors (Lipinski definition) is 7. The van der Waals surface area contributed by atoms with Gasteiger partial charge in [0.25, 0.3) is 12.3 Å². The molecule has 0 amide bonds. The Bertz CT molecular complexity index is 1510. The molecular formula is C29H30ClN4O5P. The Labute approximate surface area is 236 Å². The van der Waals surface area contributed by atoms with Crippen LogP contribution in [-0.2, 0) is 19.5 Å². The Hall–Kier alpha value is -3.46. The molecule has 2 atom stereocenters. The first-order chi connectivity index (χ1) is 19.2. The minimum Gasteiger partial charge on any atom is -0.315 e. The molecule has 1 fully saturated rings. The van der Waals surface area contributed by atoms with E-state index in [2.05, 4.69) is 46.3 Å². The summed E-state index contributed by atoms with van der Waals surface area (Å²) >= 11 is 5.94. The maximum atomic E-state index is 13.0. The van der Waals surface area contributed by atoms with Gasteiger partial charge in [-0.15, -0.1) is 0 Å². The highest BCUT2D eigenvalue weighted by atomic mass is 35.7. The molecule has 2 unspecified atom stereocenters. The lowest BCUT2D eigenvalue weighted by molar-refractivity contribution is -0.117. The van der Waals surface area contributed by atoms with Crippen LogP contribution in [0.5, 0.6) is 0 Å². The lowest BCUT2D eigenvalue weighted by Crippen LogP contribution is -2.64. The Balaban J connectivity index is 1.72. The zero-order valence-electron chi connectivity index (χ0n) is 22.1. The zero-order valence-corrected chi connectivity index (χ0v) is 23.8. The van der Waals surface area contributed by atoms with Crippen LogP contribution in [0, 0.1) is 6.92 Å². The van der Waals surface area contributed by atoms with Crippen LogP contribution < -0.4 is 16.4 Å². The summed E-state index contributed by atoms with van der Waals surface area (Å²) in [5.74, 6) is 0. The van der Waals surface area contributed by atoms with E-state index in [1.165, 1.54) is 22.7 Å². The van der Waals surface area contributed by atoms with E-state index in [1.54, 1.807) is 6.92 Å². The molecule has 2 heterocycles. The van der Waals surface area contributed by atoms with Crippen molar-refractivity contribution in [2.24, 2.45) is 0 Å². The van der Waals surface area contributed by atoms with Crippen molar-refractivity contribution >= 4 is 18.0 Å². The summed E-state index contributed by atoms with van der Waals surface area (Å²) in [5, 5.41) is 1.39. The summed E-state index contributed by atoms with van der Waals surface area (Å²) < 4.78 is 19.0. The van der Waals surface area contributed by atoms with Crippen molar-refractivity contribution in [1.82, 2.24) is 14.6 Å². The molecule has 1 aliphatic heterocycles. The summed E-state index contributed by atoms with van der Waals surface area (Å²) in [6.07, 6.45) is 0.764. The molecule has 208 valence electrons. The molecule has 0 aliphatic carbocycles. The molecule has 1 aliphatic rings. The van der Waals surface area contributed by atoms with Gasteiger partial charge in [-0.3, -0.25) is 19.2 Å². The van der Waals surface area contributed by atoms with Crippen molar-refractivity contribution in [2.45, 2.75) is 18.6 Å². The average molecular weight is 581 g/mol. The molecule has 40 heavy (non-hydrogen) atoms. The highest BCUT2D eigenvalue weighted by Crippen LogP contribution is 2.48. The van der Waals surface area contributed by atoms with Gasteiger partial charge in [0.2, 0.25) is 0 Å². The summed E-state index contributed by atoms with van der Waals surface area (Å²) in [4.78, 5) is 35.8. The summed E-state index contributed by atoms with van der Waals surface area (Å²) in [7, 11) is 0. The van der Waals surface area contributed by atoms with Crippen molar-refractivity contribution in [3.63, 3.8) is 0 Å². The van der Waals surface area contributed by atoms with Crippen LogP contribution in [0.3, 0.4) is 0 Å². The van der Waals surface area contributed by atoms with Crippen LogP contribution in [0.25, 0.3) is 0 Å². The topological polar surface area (TPSA) is 96.9 Å². The molecule has 11 heteroatoms. The van der Waals surface area contributed by atoms with Crippen molar-refractivity contribution in [1.29, 1.82) is 0 Å². The maximum absolute atomic E-state index is 13.0. The van der Waals surface area contributed by atoms with E-state index in [0.29, 0.717) is 12.1 Å². The highest BCUT2D eigenvalue weighted by molar-refractivity contribution is 7.84. The molecule has 1 saturated heterocycles. The number of nitrogens with one attached hydrogen (secondary N) is 1. The van der Waals surface area contributed by atoms with Gasteiger partial charge in [0.05, 0.1) is 12.1 Å². The van der Waals surface area contributed by atoms with Gasteiger partial charge in [-0.1, -0.05) is 91.0 Å². The van der Waals surface area contributed by atoms with E-state index in [1.807, 2.05) is 54.6 Å². The quantitative estimate of drug-likeness (QED) is 0.243. The van der Waals surface area contributed by atoms with Crippen LogP contribution in [-0.4, -0.2) is 47.1 Å². The fourth-order valence-corrected chi connectivity index (χ4v) is 5.76. The maximum Gasteiger partial charge on any atom is 0.348 e. The van der Waals surface area contributed by atoms with Gasteiger partial charge >= 0.3 is 5.69 Å². The summed E-state index contributed by atoms with van der Waals surface area (Å²) in [6, 6.07) is 30.3. The molecule has 4 aromatic rings. The molecule has 0 bridgehead atoms. The monoisotopic (exact) mass is 580 g/mol. The van der Waals surface area contributed by atoms with Gasteiger partial charge in [0, 0.05) is 25.0 Å². The number of aromatic amines is 1. The second kappa shape index (κ2) is 11.6. The van der Waals surface area contributed by atoms with E-state index >= 15 is 0 Å². The first-order valence-electron chi connectivity index (χ1n) is 12.8. The number of hydrogen-bond donors (Lipinski definition) is 1. The summed E-state index contributed by atoms with van der Waals surface area (Å²) in [6.45, 7) is -0.0286. The third-order valence-electron chi connectivity index (χ3n) is 6.87. The highest BCUT2D eigenvalue weighted by Gasteiger charge is 2.46. The van der Waals surface area contributed by atoms with Crippen LogP contribution >= 0.6 is 18.0 Å². The largest absolute Gasteiger partial charge is 0.348 e. The van der Waals surface area contributed by atoms with Gasteiger partial charge in [-0.25, -0.2) is 9.63 Å². The first-order valence-corrected chi connectivity index (χ1v) is 15.8. The van der Waals surface area contributed by atoms with Crippen molar-refractivity contribution in [3.05, 3.63) is 140 Å². The number of rotatable bonds is 8. The number of hydroxylamine groups is 1. The lowest BCUT2D eigenvalue weighted by Gasteiger charge is -2.51. The predicted molar refractivity (Wildman–Crippen MR) is 155 cm³/mol. The normalized spacial score (nSPS) is 17.9. The second-order valence-electron chi connectivity index (χ2n) is 9.71. The minimum absolute atomic E-state index is 0.0875. The van der Waals surface area contributed by atoms with E-state index in [0.717, 1.165) is 16.7 Å². The van der Waals surface area contributed by atoms with Gasteiger partial charge in [-0.05, 0) is 34.9 Å².